The number of carbonyl (C=O) groups excluding carboxylic acids is 1. The molecule has 0 spiro atoms. The number of ether oxygens (including phenoxy) is 1. The molecule has 3 rings (SSSR count). The van der Waals surface area contributed by atoms with Crippen molar-refractivity contribution in [2.24, 2.45) is 0 Å². The first-order chi connectivity index (χ1) is 13.0. The summed E-state index contributed by atoms with van der Waals surface area (Å²) in [7, 11) is 1.57. The number of carbonyl (C=O) groups is 1. The summed E-state index contributed by atoms with van der Waals surface area (Å²) in [5, 5.41) is 1.31. The van der Waals surface area contributed by atoms with Gasteiger partial charge in [-0.05, 0) is 43.3 Å². The number of fused-ring (bicyclic) bond motifs is 1. The molecule has 0 saturated heterocycles. The summed E-state index contributed by atoms with van der Waals surface area (Å²) in [6, 6.07) is 13.5. The lowest BCUT2D eigenvalue weighted by Gasteiger charge is -2.23. The third-order valence-electron chi connectivity index (χ3n) is 4.28. The predicted molar refractivity (Wildman–Crippen MR) is 105 cm³/mol. The van der Waals surface area contributed by atoms with Crippen LogP contribution < -0.4 is 0 Å². The van der Waals surface area contributed by atoms with E-state index in [1.165, 1.54) is 18.2 Å². The molecule has 0 aliphatic rings. The molecule has 0 saturated carbocycles. The van der Waals surface area contributed by atoms with E-state index in [-0.39, 0.29) is 18.0 Å². The van der Waals surface area contributed by atoms with Gasteiger partial charge < -0.3 is 9.64 Å². The summed E-state index contributed by atoms with van der Waals surface area (Å²) in [6.45, 7) is 2.98. The maximum atomic E-state index is 13.5. The van der Waals surface area contributed by atoms with Crippen LogP contribution in [0.1, 0.15) is 21.5 Å². The van der Waals surface area contributed by atoms with Crippen LogP contribution >= 0.6 is 11.6 Å². The molecule has 1 amide bonds. The van der Waals surface area contributed by atoms with E-state index in [9.17, 15) is 9.18 Å². The van der Waals surface area contributed by atoms with Crippen molar-refractivity contribution in [2.45, 2.75) is 13.5 Å². The normalized spacial score (nSPS) is 11.0. The zero-order valence-corrected chi connectivity index (χ0v) is 16.0. The topological polar surface area (TPSA) is 42.4 Å². The quantitative estimate of drug-likeness (QED) is 0.580. The first-order valence-electron chi connectivity index (χ1n) is 8.57. The number of methoxy groups -OCH3 is 1. The first kappa shape index (κ1) is 19.3. The third kappa shape index (κ3) is 4.62. The van der Waals surface area contributed by atoms with Crippen molar-refractivity contribution in [3.8, 4) is 0 Å². The Bertz CT molecular complexity index is 978. The minimum atomic E-state index is -0.451. The van der Waals surface area contributed by atoms with Crippen molar-refractivity contribution >= 4 is 28.4 Å². The molecular weight excluding hydrogens is 367 g/mol. The van der Waals surface area contributed by atoms with Crippen LogP contribution in [0.25, 0.3) is 10.9 Å². The van der Waals surface area contributed by atoms with Gasteiger partial charge in [0.2, 0.25) is 0 Å². The SMILES string of the molecule is COCCN(Cc1cc2cc(C)ccc2nc1Cl)C(=O)c1cccc(F)c1. The van der Waals surface area contributed by atoms with Crippen molar-refractivity contribution in [1.82, 2.24) is 9.88 Å². The van der Waals surface area contributed by atoms with Gasteiger partial charge in [-0.15, -0.1) is 0 Å². The van der Waals surface area contributed by atoms with Crippen LogP contribution in [0.3, 0.4) is 0 Å². The highest BCUT2D eigenvalue weighted by molar-refractivity contribution is 6.30. The lowest BCUT2D eigenvalue weighted by molar-refractivity contribution is 0.0680. The molecule has 2 aromatic carbocycles. The second-order valence-corrected chi connectivity index (χ2v) is 6.72. The highest BCUT2D eigenvalue weighted by atomic mass is 35.5. The number of benzene rings is 2. The van der Waals surface area contributed by atoms with Crippen molar-refractivity contribution in [2.75, 3.05) is 20.3 Å². The van der Waals surface area contributed by atoms with E-state index in [2.05, 4.69) is 4.98 Å². The standard InChI is InChI=1S/C21H20ClFN2O2/c1-14-6-7-19-16(10-14)11-17(20(22)24-19)13-25(8-9-27-2)21(26)15-4-3-5-18(23)12-15/h3-7,10-12H,8-9,13H2,1-2H3. The highest BCUT2D eigenvalue weighted by Gasteiger charge is 2.18. The molecule has 3 aromatic rings. The number of nitrogens with zero attached hydrogens (tertiary/aromatic N) is 2. The van der Waals surface area contributed by atoms with Gasteiger partial charge in [0.25, 0.3) is 5.91 Å². The van der Waals surface area contributed by atoms with Gasteiger partial charge in [-0.3, -0.25) is 4.79 Å². The Balaban J connectivity index is 1.93. The Morgan fingerprint density at radius 1 is 1.22 bits per heavy atom. The summed E-state index contributed by atoms with van der Waals surface area (Å²) in [4.78, 5) is 18.9. The number of halogens is 2. The van der Waals surface area contributed by atoms with E-state index in [0.29, 0.717) is 18.3 Å². The number of aromatic nitrogens is 1. The van der Waals surface area contributed by atoms with Crippen LogP contribution in [-0.2, 0) is 11.3 Å². The molecular formula is C21H20ClFN2O2. The Morgan fingerprint density at radius 3 is 2.78 bits per heavy atom. The Labute approximate surface area is 162 Å². The lowest BCUT2D eigenvalue weighted by atomic mass is 10.1. The van der Waals surface area contributed by atoms with Gasteiger partial charge in [0.15, 0.2) is 0 Å². The number of hydrogen-bond donors (Lipinski definition) is 0. The second-order valence-electron chi connectivity index (χ2n) is 6.36. The lowest BCUT2D eigenvalue weighted by Crippen LogP contribution is -2.33. The zero-order chi connectivity index (χ0) is 19.4. The van der Waals surface area contributed by atoms with Crippen LogP contribution in [0.2, 0.25) is 5.15 Å². The van der Waals surface area contributed by atoms with Crippen LogP contribution in [-0.4, -0.2) is 36.1 Å². The molecule has 0 radical (unpaired) electrons. The first-order valence-corrected chi connectivity index (χ1v) is 8.95. The van der Waals surface area contributed by atoms with Crippen LogP contribution in [0.5, 0.6) is 0 Å². The van der Waals surface area contributed by atoms with Crippen LogP contribution in [0.4, 0.5) is 4.39 Å². The van der Waals surface area contributed by atoms with Gasteiger partial charge in [-0.2, -0.15) is 0 Å². The molecule has 0 bridgehead atoms. The van der Waals surface area contributed by atoms with E-state index < -0.39 is 5.82 Å². The van der Waals surface area contributed by atoms with Gasteiger partial charge >= 0.3 is 0 Å². The maximum Gasteiger partial charge on any atom is 0.254 e. The summed E-state index contributed by atoms with van der Waals surface area (Å²) in [5.41, 5.74) is 2.93. The number of hydrogen-bond acceptors (Lipinski definition) is 3. The monoisotopic (exact) mass is 386 g/mol. The average molecular weight is 387 g/mol. The van der Waals surface area contributed by atoms with E-state index >= 15 is 0 Å². The van der Waals surface area contributed by atoms with Gasteiger partial charge in [0.1, 0.15) is 11.0 Å². The molecule has 0 aliphatic carbocycles. The largest absolute Gasteiger partial charge is 0.383 e. The van der Waals surface area contributed by atoms with Crippen LogP contribution in [0, 0.1) is 12.7 Å². The van der Waals surface area contributed by atoms with Gasteiger partial charge in [-0.25, -0.2) is 9.37 Å². The number of aryl methyl sites for hydroxylation is 1. The van der Waals surface area contributed by atoms with Crippen molar-refractivity contribution in [3.63, 3.8) is 0 Å². The molecule has 0 fully saturated rings. The van der Waals surface area contributed by atoms with Crippen molar-refractivity contribution < 1.29 is 13.9 Å². The smallest absolute Gasteiger partial charge is 0.254 e. The van der Waals surface area contributed by atoms with Crippen molar-refractivity contribution in [1.29, 1.82) is 0 Å². The Kier molecular flexibility index (Phi) is 6.04. The molecule has 6 heteroatoms. The van der Waals surface area contributed by atoms with Crippen molar-refractivity contribution in [3.05, 3.63) is 76.2 Å². The van der Waals surface area contributed by atoms with E-state index in [1.54, 1.807) is 18.1 Å². The Hall–Kier alpha value is -2.50. The molecule has 140 valence electrons. The fourth-order valence-electron chi connectivity index (χ4n) is 2.89. The number of amides is 1. The fourth-order valence-corrected chi connectivity index (χ4v) is 3.10. The number of pyridine rings is 1. The molecule has 27 heavy (non-hydrogen) atoms. The van der Waals surface area contributed by atoms with Gasteiger partial charge in [0.05, 0.1) is 12.1 Å². The second kappa shape index (κ2) is 8.46. The number of rotatable bonds is 6. The highest BCUT2D eigenvalue weighted by Crippen LogP contribution is 2.23. The molecule has 0 N–H and O–H groups in total. The summed E-state index contributed by atoms with van der Waals surface area (Å²) >= 11 is 6.36. The van der Waals surface area contributed by atoms with E-state index in [0.717, 1.165) is 22.0 Å². The molecule has 0 aliphatic heterocycles. The minimum absolute atomic E-state index is 0.258. The molecule has 1 heterocycles. The van der Waals surface area contributed by atoms with Gasteiger partial charge in [0, 0.05) is 36.7 Å². The van der Waals surface area contributed by atoms with Gasteiger partial charge in [-0.1, -0.05) is 29.3 Å². The predicted octanol–water partition coefficient (Wildman–Crippen LogP) is 4.62. The van der Waals surface area contributed by atoms with Crippen LogP contribution in [0.15, 0.2) is 48.5 Å². The minimum Gasteiger partial charge on any atom is -0.383 e. The molecule has 0 atom stereocenters. The fraction of sp³-hybridized carbons (Fsp3) is 0.238. The molecule has 4 nitrogen and oxygen atoms in total. The summed E-state index contributed by atoms with van der Waals surface area (Å²) in [5.74, 6) is -0.736. The average Bonchev–Trinajstić information content (AvgIpc) is 2.65. The molecule has 1 aromatic heterocycles. The zero-order valence-electron chi connectivity index (χ0n) is 15.2. The molecule has 0 unspecified atom stereocenters. The van der Waals surface area contributed by atoms with E-state index in [1.807, 2.05) is 31.2 Å². The maximum absolute atomic E-state index is 13.5. The Morgan fingerprint density at radius 2 is 2.04 bits per heavy atom. The summed E-state index contributed by atoms with van der Waals surface area (Å²) in [6.07, 6.45) is 0. The third-order valence-corrected chi connectivity index (χ3v) is 4.61. The summed E-state index contributed by atoms with van der Waals surface area (Å²) < 4.78 is 18.6. The van der Waals surface area contributed by atoms with E-state index in [4.69, 9.17) is 16.3 Å².